The number of benzene rings is 2. The Morgan fingerprint density at radius 2 is 1.87 bits per heavy atom. The van der Waals surface area contributed by atoms with Gasteiger partial charge in [0.1, 0.15) is 6.54 Å². The summed E-state index contributed by atoms with van der Waals surface area (Å²) in [6, 6.07) is 14.5. The van der Waals surface area contributed by atoms with Crippen molar-refractivity contribution < 1.29 is 14.0 Å². The van der Waals surface area contributed by atoms with Crippen molar-refractivity contribution in [1.82, 2.24) is 9.88 Å². The molecule has 0 aliphatic carbocycles. The van der Waals surface area contributed by atoms with E-state index in [0.29, 0.717) is 17.5 Å². The monoisotopic (exact) mass is 403 g/mol. The van der Waals surface area contributed by atoms with Gasteiger partial charge in [-0.25, -0.2) is 4.79 Å². The number of para-hydroxylation sites is 2. The first kappa shape index (κ1) is 19.5. The molecule has 2 aromatic carbocycles. The van der Waals surface area contributed by atoms with E-state index >= 15 is 0 Å². The largest absolute Gasteiger partial charge is 0.420 e. The Balaban J connectivity index is 1.32. The van der Waals surface area contributed by atoms with Crippen LogP contribution in [0.15, 0.2) is 57.7 Å². The highest BCUT2D eigenvalue weighted by molar-refractivity contribution is 5.94. The first-order valence-corrected chi connectivity index (χ1v) is 9.86. The van der Waals surface area contributed by atoms with Gasteiger partial charge in [-0.05, 0) is 49.2 Å². The third-order valence-corrected chi connectivity index (χ3v) is 4.98. The molecular weight excluding hydrogens is 382 g/mol. The number of amides is 2. The van der Waals surface area contributed by atoms with Gasteiger partial charge in [0.25, 0.3) is 0 Å². The summed E-state index contributed by atoms with van der Waals surface area (Å²) < 4.78 is 6.41. The van der Waals surface area contributed by atoms with Gasteiger partial charge in [-0.1, -0.05) is 24.0 Å². The van der Waals surface area contributed by atoms with Crippen LogP contribution in [-0.2, 0) is 16.1 Å². The average Bonchev–Trinajstić information content (AvgIpc) is 3.07. The van der Waals surface area contributed by atoms with Gasteiger partial charge >= 0.3 is 5.76 Å². The number of rotatable bonds is 4. The number of hydrogen-bond donors (Lipinski definition) is 1. The van der Waals surface area contributed by atoms with Crippen molar-refractivity contribution in [1.29, 1.82) is 0 Å². The summed E-state index contributed by atoms with van der Waals surface area (Å²) in [6.07, 6.45) is 2.58. The van der Waals surface area contributed by atoms with Crippen molar-refractivity contribution >= 4 is 28.6 Å². The van der Waals surface area contributed by atoms with Gasteiger partial charge in [-0.2, -0.15) is 0 Å². The van der Waals surface area contributed by atoms with Crippen molar-refractivity contribution in [2.45, 2.75) is 25.8 Å². The van der Waals surface area contributed by atoms with Gasteiger partial charge in [0.05, 0.1) is 12.1 Å². The van der Waals surface area contributed by atoms with Crippen LogP contribution in [0, 0.1) is 11.8 Å². The van der Waals surface area contributed by atoms with E-state index in [-0.39, 0.29) is 24.9 Å². The molecule has 0 saturated carbocycles. The van der Waals surface area contributed by atoms with Crippen molar-refractivity contribution in [2.24, 2.45) is 0 Å². The first-order valence-electron chi connectivity index (χ1n) is 9.86. The predicted molar refractivity (Wildman–Crippen MR) is 113 cm³/mol. The van der Waals surface area contributed by atoms with E-state index < -0.39 is 5.76 Å². The number of carbonyl (C=O) groups excluding carboxylic acids is 2. The lowest BCUT2D eigenvalue weighted by Crippen LogP contribution is -2.35. The highest BCUT2D eigenvalue weighted by atomic mass is 16.4. The molecule has 4 rings (SSSR count). The van der Waals surface area contributed by atoms with Crippen molar-refractivity contribution in [3.05, 3.63) is 64.6 Å². The van der Waals surface area contributed by atoms with E-state index in [0.717, 1.165) is 30.6 Å². The van der Waals surface area contributed by atoms with Crippen LogP contribution in [0.3, 0.4) is 0 Å². The molecule has 0 unspecified atom stereocenters. The first-order chi connectivity index (χ1) is 14.6. The summed E-state index contributed by atoms with van der Waals surface area (Å²) in [4.78, 5) is 37.9. The van der Waals surface area contributed by atoms with E-state index in [9.17, 15) is 14.4 Å². The molecule has 1 aliphatic heterocycles. The molecule has 1 aliphatic rings. The highest BCUT2D eigenvalue weighted by Crippen LogP contribution is 2.21. The maximum atomic E-state index is 12.2. The molecule has 0 spiro atoms. The number of anilines is 1. The Labute approximate surface area is 173 Å². The van der Waals surface area contributed by atoms with Crippen LogP contribution >= 0.6 is 0 Å². The fraction of sp³-hybridized carbons (Fsp3) is 0.261. The molecule has 0 radical (unpaired) electrons. The number of oxazole rings is 1. The Bertz CT molecular complexity index is 1190. The third kappa shape index (κ3) is 4.28. The van der Waals surface area contributed by atoms with E-state index in [1.807, 2.05) is 29.2 Å². The molecule has 2 heterocycles. The second-order valence-electron chi connectivity index (χ2n) is 7.05. The molecule has 3 aromatic rings. The zero-order valence-corrected chi connectivity index (χ0v) is 16.4. The van der Waals surface area contributed by atoms with Gasteiger partial charge in [0.2, 0.25) is 11.8 Å². The standard InChI is InChI=1S/C23H21N3O4/c27-21(16-26-19-7-1-2-8-20(19)30-23(26)29)24-14-5-6-17-10-12-18(13-11-17)25-15-4-3-9-22(25)28/h1-2,7-8,10-13H,3-4,9,14-16H2,(H,24,27). The summed E-state index contributed by atoms with van der Waals surface area (Å²) in [5.41, 5.74) is 2.71. The lowest BCUT2D eigenvalue weighted by molar-refractivity contribution is -0.121. The minimum absolute atomic E-state index is 0.129. The summed E-state index contributed by atoms with van der Waals surface area (Å²) in [5, 5.41) is 2.69. The van der Waals surface area contributed by atoms with Gasteiger partial charge < -0.3 is 14.6 Å². The molecule has 2 amide bonds. The number of aromatic nitrogens is 1. The van der Waals surface area contributed by atoms with Crippen molar-refractivity contribution in [2.75, 3.05) is 18.0 Å². The van der Waals surface area contributed by atoms with Crippen LogP contribution in [0.25, 0.3) is 11.1 Å². The normalized spacial score (nSPS) is 13.7. The molecule has 7 heteroatoms. The van der Waals surface area contributed by atoms with Gasteiger partial charge in [-0.3, -0.25) is 14.2 Å². The maximum Gasteiger partial charge on any atom is 0.420 e. The molecule has 30 heavy (non-hydrogen) atoms. The maximum absolute atomic E-state index is 12.2. The van der Waals surface area contributed by atoms with Crippen molar-refractivity contribution in [3.8, 4) is 11.8 Å². The molecule has 1 N–H and O–H groups in total. The molecule has 0 atom stereocenters. The molecule has 0 bridgehead atoms. The number of nitrogens with one attached hydrogen (secondary N) is 1. The van der Waals surface area contributed by atoms with Gasteiger partial charge in [-0.15, -0.1) is 0 Å². The number of piperidine rings is 1. The summed E-state index contributed by atoms with van der Waals surface area (Å²) in [5.74, 6) is 5.16. The molecule has 1 fully saturated rings. The lowest BCUT2D eigenvalue weighted by atomic mass is 10.1. The second kappa shape index (κ2) is 8.70. The van der Waals surface area contributed by atoms with Crippen LogP contribution in [-0.4, -0.2) is 29.5 Å². The minimum atomic E-state index is -0.565. The SMILES string of the molecule is O=C(Cn1c(=O)oc2ccccc21)NCC#Cc1ccc(N2CCCCC2=O)cc1. The van der Waals surface area contributed by atoms with Crippen LogP contribution in [0.1, 0.15) is 24.8 Å². The number of nitrogens with zero attached hydrogens (tertiary/aromatic N) is 2. The quantitative estimate of drug-likeness (QED) is 0.678. The van der Waals surface area contributed by atoms with E-state index in [4.69, 9.17) is 4.42 Å². The number of fused-ring (bicyclic) bond motifs is 1. The Kier molecular flexibility index (Phi) is 5.66. The fourth-order valence-corrected chi connectivity index (χ4v) is 3.46. The topological polar surface area (TPSA) is 84.5 Å². The zero-order valence-electron chi connectivity index (χ0n) is 16.4. The molecule has 152 valence electrons. The van der Waals surface area contributed by atoms with Crippen LogP contribution in [0.4, 0.5) is 5.69 Å². The summed E-state index contributed by atoms with van der Waals surface area (Å²) >= 11 is 0. The number of carbonyl (C=O) groups is 2. The van der Waals surface area contributed by atoms with E-state index in [2.05, 4.69) is 17.2 Å². The fourth-order valence-electron chi connectivity index (χ4n) is 3.46. The Morgan fingerprint density at radius 1 is 1.07 bits per heavy atom. The average molecular weight is 403 g/mol. The van der Waals surface area contributed by atoms with Gasteiger partial charge in [0.15, 0.2) is 5.58 Å². The van der Waals surface area contributed by atoms with Crippen LogP contribution in [0.2, 0.25) is 0 Å². The highest BCUT2D eigenvalue weighted by Gasteiger charge is 2.19. The van der Waals surface area contributed by atoms with Gasteiger partial charge in [0, 0.05) is 24.2 Å². The van der Waals surface area contributed by atoms with Crippen LogP contribution in [0.5, 0.6) is 0 Å². The minimum Gasteiger partial charge on any atom is -0.408 e. The van der Waals surface area contributed by atoms with E-state index in [1.165, 1.54) is 4.57 Å². The number of hydrogen-bond acceptors (Lipinski definition) is 4. The second-order valence-corrected chi connectivity index (χ2v) is 7.05. The van der Waals surface area contributed by atoms with E-state index in [1.54, 1.807) is 24.3 Å². The lowest BCUT2D eigenvalue weighted by Gasteiger charge is -2.26. The smallest absolute Gasteiger partial charge is 0.408 e. The van der Waals surface area contributed by atoms with Crippen molar-refractivity contribution in [3.63, 3.8) is 0 Å². The third-order valence-electron chi connectivity index (χ3n) is 4.98. The molecule has 7 nitrogen and oxygen atoms in total. The predicted octanol–water partition coefficient (Wildman–Crippen LogP) is 2.28. The molecular formula is C23H21N3O4. The molecule has 1 saturated heterocycles. The zero-order chi connectivity index (χ0) is 20.9. The Morgan fingerprint density at radius 3 is 2.67 bits per heavy atom. The summed E-state index contributed by atoms with van der Waals surface area (Å²) in [7, 11) is 0. The molecule has 1 aromatic heterocycles. The van der Waals surface area contributed by atoms with Crippen LogP contribution < -0.4 is 16.0 Å². The summed E-state index contributed by atoms with van der Waals surface area (Å²) in [6.45, 7) is 0.788. The Hall–Kier alpha value is -3.79.